The van der Waals surface area contributed by atoms with Crippen LogP contribution in [0, 0.1) is 0 Å². The van der Waals surface area contributed by atoms with Gasteiger partial charge in [0.05, 0.1) is 12.2 Å². The molecule has 0 aromatic heterocycles. The third-order valence-electron chi connectivity index (χ3n) is 3.30. The second-order valence-electron chi connectivity index (χ2n) is 4.75. The van der Waals surface area contributed by atoms with Crippen LogP contribution in [0.4, 0.5) is 0 Å². The van der Waals surface area contributed by atoms with Crippen LogP contribution in [-0.2, 0) is 6.61 Å². The molecular weight excluding hydrogens is 264 g/mol. The molecule has 0 heterocycles. The van der Waals surface area contributed by atoms with Crippen molar-refractivity contribution in [1.82, 2.24) is 0 Å². The summed E-state index contributed by atoms with van der Waals surface area (Å²) in [7, 11) is 0. The van der Waals surface area contributed by atoms with E-state index in [9.17, 15) is 4.79 Å². The lowest BCUT2D eigenvalue weighted by molar-refractivity contribution is 0.0735. The van der Waals surface area contributed by atoms with Gasteiger partial charge in [0.15, 0.2) is 0 Å². The zero-order chi connectivity index (χ0) is 14.7. The highest BCUT2D eigenvalue weighted by Gasteiger charge is 2.09. The van der Waals surface area contributed by atoms with Crippen LogP contribution in [-0.4, -0.2) is 11.1 Å². The number of carbonyl (C=O) groups excluding carboxylic acids is 1. The number of aliphatic hydroxyl groups is 1. The van der Waals surface area contributed by atoms with Crippen molar-refractivity contribution < 1.29 is 14.6 Å². The predicted octanol–water partition coefficient (Wildman–Crippen LogP) is 3.55. The molecule has 0 saturated heterocycles. The van der Waals surface area contributed by atoms with Crippen molar-refractivity contribution in [2.24, 2.45) is 0 Å². The molecule has 3 aromatic carbocycles. The fraction of sp³-hybridized carbons (Fsp3) is 0.0556. The summed E-state index contributed by atoms with van der Waals surface area (Å²) in [5, 5.41) is 11.1. The van der Waals surface area contributed by atoms with Crippen molar-refractivity contribution in [3.8, 4) is 5.75 Å². The third-order valence-corrected chi connectivity index (χ3v) is 3.30. The SMILES string of the molecule is O=C(Oc1ccc(CO)cc1)c1ccc2ccccc2c1. The molecule has 0 amide bonds. The van der Waals surface area contributed by atoms with E-state index in [1.165, 1.54) is 0 Å². The third kappa shape index (κ3) is 2.93. The molecule has 0 aliphatic rings. The molecule has 0 spiro atoms. The minimum absolute atomic E-state index is 0.0289. The highest BCUT2D eigenvalue weighted by Crippen LogP contribution is 2.18. The first kappa shape index (κ1) is 13.3. The van der Waals surface area contributed by atoms with Crippen molar-refractivity contribution >= 4 is 16.7 Å². The second-order valence-corrected chi connectivity index (χ2v) is 4.75. The number of esters is 1. The standard InChI is InChI=1S/C18H14O3/c19-12-13-5-9-17(10-6-13)21-18(20)16-8-7-14-3-1-2-4-15(14)11-16/h1-11,19H,12H2. The van der Waals surface area contributed by atoms with Gasteiger partial charge in [-0.05, 0) is 40.6 Å². The van der Waals surface area contributed by atoms with Crippen LogP contribution in [0.1, 0.15) is 15.9 Å². The summed E-state index contributed by atoms with van der Waals surface area (Å²) >= 11 is 0. The summed E-state index contributed by atoms with van der Waals surface area (Å²) in [6.45, 7) is -0.0289. The Hall–Kier alpha value is -2.65. The van der Waals surface area contributed by atoms with Crippen LogP contribution in [0.3, 0.4) is 0 Å². The number of aliphatic hydroxyl groups excluding tert-OH is 1. The van der Waals surface area contributed by atoms with Crippen molar-refractivity contribution in [1.29, 1.82) is 0 Å². The molecule has 3 aromatic rings. The fourth-order valence-corrected chi connectivity index (χ4v) is 2.15. The Balaban J connectivity index is 1.82. The Bertz CT molecular complexity index is 776. The van der Waals surface area contributed by atoms with Crippen LogP contribution in [0.5, 0.6) is 5.75 Å². The molecular formula is C18H14O3. The number of rotatable bonds is 3. The average molecular weight is 278 g/mol. The van der Waals surface area contributed by atoms with E-state index in [1.807, 2.05) is 36.4 Å². The first-order valence-electron chi connectivity index (χ1n) is 6.67. The number of hydrogen-bond donors (Lipinski definition) is 1. The molecule has 0 radical (unpaired) electrons. The summed E-state index contributed by atoms with van der Waals surface area (Å²) in [6.07, 6.45) is 0. The molecule has 0 aliphatic heterocycles. The van der Waals surface area contributed by atoms with Crippen LogP contribution in [0.25, 0.3) is 10.8 Å². The number of fused-ring (bicyclic) bond motifs is 1. The molecule has 0 bridgehead atoms. The van der Waals surface area contributed by atoms with Crippen LogP contribution in [0.2, 0.25) is 0 Å². The molecule has 0 fully saturated rings. The maximum atomic E-state index is 12.1. The van der Waals surface area contributed by atoms with Gasteiger partial charge in [0, 0.05) is 0 Å². The first-order chi connectivity index (χ1) is 10.3. The Morgan fingerprint density at radius 3 is 2.33 bits per heavy atom. The van der Waals surface area contributed by atoms with Crippen LogP contribution in [0.15, 0.2) is 66.7 Å². The Morgan fingerprint density at radius 2 is 1.62 bits per heavy atom. The lowest BCUT2D eigenvalue weighted by atomic mass is 10.1. The molecule has 21 heavy (non-hydrogen) atoms. The van der Waals surface area contributed by atoms with Crippen molar-refractivity contribution in [3.05, 3.63) is 77.9 Å². The predicted molar refractivity (Wildman–Crippen MR) is 81.3 cm³/mol. The molecule has 3 rings (SSSR count). The molecule has 0 aliphatic carbocycles. The van der Waals surface area contributed by atoms with Crippen LogP contribution < -0.4 is 4.74 Å². The topological polar surface area (TPSA) is 46.5 Å². The molecule has 3 heteroatoms. The quantitative estimate of drug-likeness (QED) is 0.588. The van der Waals surface area contributed by atoms with Crippen LogP contribution >= 0.6 is 0 Å². The van der Waals surface area contributed by atoms with Gasteiger partial charge in [-0.15, -0.1) is 0 Å². The Labute approximate surface area is 122 Å². The number of benzene rings is 3. The van der Waals surface area contributed by atoms with E-state index < -0.39 is 5.97 Å². The van der Waals surface area contributed by atoms with E-state index in [0.29, 0.717) is 11.3 Å². The Kier molecular flexibility index (Phi) is 3.67. The summed E-state index contributed by atoms with van der Waals surface area (Å²) in [4.78, 5) is 12.1. The van der Waals surface area contributed by atoms with E-state index in [-0.39, 0.29) is 6.61 Å². The lowest BCUT2D eigenvalue weighted by Gasteiger charge is -2.06. The van der Waals surface area contributed by atoms with Gasteiger partial charge in [-0.1, -0.05) is 42.5 Å². The van der Waals surface area contributed by atoms with E-state index in [1.54, 1.807) is 30.3 Å². The van der Waals surface area contributed by atoms with Gasteiger partial charge >= 0.3 is 5.97 Å². The second kappa shape index (κ2) is 5.77. The normalized spacial score (nSPS) is 10.5. The van der Waals surface area contributed by atoms with Gasteiger partial charge in [-0.2, -0.15) is 0 Å². The molecule has 0 saturated carbocycles. The smallest absolute Gasteiger partial charge is 0.343 e. The van der Waals surface area contributed by atoms with Crippen molar-refractivity contribution in [2.45, 2.75) is 6.61 Å². The van der Waals surface area contributed by atoms with Gasteiger partial charge in [-0.3, -0.25) is 0 Å². The van der Waals surface area contributed by atoms with Gasteiger partial charge in [0.2, 0.25) is 0 Å². The molecule has 3 nitrogen and oxygen atoms in total. The van der Waals surface area contributed by atoms with E-state index >= 15 is 0 Å². The largest absolute Gasteiger partial charge is 0.423 e. The van der Waals surface area contributed by atoms with Gasteiger partial charge in [0.1, 0.15) is 5.75 Å². The number of carbonyl (C=O) groups is 1. The molecule has 1 N–H and O–H groups in total. The summed E-state index contributed by atoms with van der Waals surface area (Å²) < 4.78 is 5.33. The van der Waals surface area contributed by atoms with Gasteiger partial charge in [-0.25, -0.2) is 4.79 Å². The van der Waals surface area contributed by atoms with Crippen molar-refractivity contribution in [3.63, 3.8) is 0 Å². The zero-order valence-electron chi connectivity index (χ0n) is 11.3. The number of hydrogen-bond acceptors (Lipinski definition) is 3. The Morgan fingerprint density at radius 1 is 0.905 bits per heavy atom. The fourth-order valence-electron chi connectivity index (χ4n) is 2.15. The molecule has 0 unspecified atom stereocenters. The minimum atomic E-state index is -0.391. The summed E-state index contributed by atoms with van der Waals surface area (Å²) in [6, 6.07) is 20.1. The van der Waals surface area contributed by atoms with Crippen molar-refractivity contribution in [2.75, 3.05) is 0 Å². The average Bonchev–Trinajstić information content (AvgIpc) is 2.55. The monoisotopic (exact) mass is 278 g/mol. The highest BCUT2D eigenvalue weighted by molar-refractivity contribution is 5.96. The summed E-state index contributed by atoms with van der Waals surface area (Å²) in [5.41, 5.74) is 1.29. The zero-order valence-corrected chi connectivity index (χ0v) is 11.3. The number of ether oxygens (including phenoxy) is 1. The molecule has 104 valence electrons. The lowest BCUT2D eigenvalue weighted by Crippen LogP contribution is -2.08. The minimum Gasteiger partial charge on any atom is -0.423 e. The van der Waals surface area contributed by atoms with E-state index in [0.717, 1.165) is 16.3 Å². The first-order valence-corrected chi connectivity index (χ1v) is 6.67. The van der Waals surface area contributed by atoms with Gasteiger partial charge in [0.25, 0.3) is 0 Å². The molecule has 0 atom stereocenters. The maximum absolute atomic E-state index is 12.1. The highest BCUT2D eigenvalue weighted by atomic mass is 16.5. The summed E-state index contributed by atoms with van der Waals surface area (Å²) in [5.74, 6) is 0.0721. The van der Waals surface area contributed by atoms with Gasteiger partial charge < -0.3 is 9.84 Å². The maximum Gasteiger partial charge on any atom is 0.343 e. The van der Waals surface area contributed by atoms with E-state index in [4.69, 9.17) is 9.84 Å². The van der Waals surface area contributed by atoms with E-state index in [2.05, 4.69) is 0 Å².